The molecule has 0 amide bonds. The van der Waals surface area contributed by atoms with Crippen LogP contribution < -0.4 is 0 Å². The molecule has 3 aromatic carbocycles. The third-order valence-electron chi connectivity index (χ3n) is 5.48. The van der Waals surface area contributed by atoms with Crippen LogP contribution in [0.15, 0.2) is 102 Å². The molecule has 3 heteroatoms. The zero-order valence-electron chi connectivity index (χ0n) is 17.5. The quantitative estimate of drug-likeness (QED) is 0.349. The molecule has 0 radical (unpaired) electrons. The summed E-state index contributed by atoms with van der Waals surface area (Å²) in [6.45, 7) is 2.08. The Kier molecular flexibility index (Phi) is 6.23. The van der Waals surface area contributed by atoms with Gasteiger partial charge in [-0.3, -0.25) is 4.79 Å². The minimum atomic E-state index is -0.372. The van der Waals surface area contributed by atoms with Crippen molar-refractivity contribution in [2.75, 3.05) is 6.61 Å². The molecule has 0 aromatic heterocycles. The largest absolute Gasteiger partial charge is 0.462 e. The Hall–Kier alpha value is -3.72. The molecule has 3 aromatic rings. The Morgan fingerprint density at radius 3 is 1.81 bits per heavy atom. The van der Waals surface area contributed by atoms with Crippen molar-refractivity contribution in [2.45, 2.75) is 19.8 Å². The summed E-state index contributed by atoms with van der Waals surface area (Å²) in [5.74, 6) is -0.386. The number of ether oxygens (including phenoxy) is 1. The van der Waals surface area contributed by atoms with Crippen molar-refractivity contribution >= 4 is 22.9 Å². The van der Waals surface area contributed by atoms with Crippen LogP contribution in [0.2, 0.25) is 0 Å². The summed E-state index contributed by atoms with van der Waals surface area (Å²) >= 11 is 0. The average Bonchev–Trinajstić information content (AvgIpc) is 3.20. The van der Waals surface area contributed by atoms with Crippen LogP contribution in [-0.4, -0.2) is 18.4 Å². The number of hydrogen-bond acceptors (Lipinski definition) is 3. The van der Waals surface area contributed by atoms with Crippen molar-refractivity contribution in [3.63, 3.8) is 0 Å². The smallest absolute Gasteiger partial charge is 0.338 e. The molecule has 4 rings (SSSR count). The van der Waals surface area contributed by atoms with E-state index < -0.39 is 0 Å². The van der Waals surface area contributed by atoms with Crippen molar-refractivity contribution in [3.05, 3.63) is 119 Å². The highest BCUT2D eigenvalue weighted by Crippen LogP contribution is 2.45. The van der Waals surface area contributed by atoms with E-state index in [2.05, 4.69) is 0 Å². The molecule has 0 saturated heterocycles. The first kappa shape index (κ1) is 20.5. The van der Waals surface area contributed by atoms with E-state index in [1.165, 1.54) is 0 Å². The van der Waals surface area contributed by atoms with Gasteiger partial charge in [0.1, 0.15) is 0 Å². The van der Waals surface area contributed by atoms with Gasteiger partial charge in [0.15, 0.2) is 5.78 Å². The Labute approximate surface area is 182 Å². The molecule has 0 saturated carbocycles. The SMILES string of the molecule is CCOC(=O)C1=C(c2ccccc2)CC(c2ccccc2)=C1CC(=O)c1ccccc1. The average molecular weight is 408 g/mol. The fourth-order valence-corrected chi connectivity index (χ4v) is 4.04. The second-order valence-electron chi connectivity index (χ2n) is 7.41. The van der Waals surface area contributed by atoms with Gasteiger partial charge in [-0.25, -0.2) is 4.79 Å². The first-order valence-electron chi connectivity index (χ1n) is 10.5. The summed E-state index contributed by atoms with van der Waals surface area (Å²) < 4.78 is 5.44. The molecule has 154 valence electrons. The zero-order valence-corrected chi connectivity index (χ0v) is 17.5. The summed E-state index contributed by atoms with van der Waals surface area (Å²) in [6.07, 6.45) is 0.734. The highest BCUT2D eigenvalue weighted by atomic mass is 16.5. The van der Waals surface area contributed by atoms with Crippen molar-refractivity contribution in [1.29, 1.82) is 0 Å². The second-order valence-corrected chi connectivity index (χ2v) is 7.41. The maximum absolute atomic E-state index is 13.1. The predicted octanol–water partition coefficient (Wildman–Crippen LogP) is 6.13. The Bertz CT molecular complexity index is 1140. The van der Waals surface area contributed by atoms with Gasteiger partial charge in [-0.05, 0) is 41.2 Å². The number of carbonyl (C=O) groups excluding carboxylic acids is 2. The van der Waals surface area contributed by atoms with E-state index in [-0.39, 0.29) is 24.8 Å². The molecule has 0 N–H and O–H groups in total. The fraction of sp³-hybridized carbons (Fsp3) is 0.143. The standard InChI is InChI=1S/C28H24O3/c1-2-31-28(30)27-24(21-14-8-4-9-15-21)18-23(20-12-6-3-7-13-20)25(27)19-26(29)22-16-10-5-11-17-22/h3-17H,2,18-19H2,1H3. The molecular formula is C28H24O3. The van der Waals surface area contributed by atoms with Crippen LogP contribution in [0.4, 0.5) is 0 Å². The summed E-state index contributed by atoms with van der Waals surface area (Å²) in [4.78, 5) is 26.2. The Morgan fingerprint density at radius 2 is 1.26 bits per heavy atom. The predicted molar refractivity (Wildman–Crippen MR) is 123 cm³/mol. The maximum Gasteiger partial charge on any atom is 0.338 e. The van der Waals surface area contributed by atoms with Gasteiger partial charge < -0.3 is 4.74 Å². The van der Waals surface area contributed by atoms with Gasteiger partial charge >= 0.3 is 5.97 Å². The lowest BCUT2D eigenvalue weighted by Crippen LogP contribution is -2.12. The minimum absolute atomic E-state index is 0.0138. The van der Waals surface area contributed by atoms with Crippen LogP contribution in [0, 0.1) is 0 Å². The number of hydrogen-bond donors (Lipinski definition) is 0. The normalized spacial score (nSPS) is 13.5. The van der Waals surface area contributed by atoms with E-state index in [1.807, 2.05) is 91.0 Å². The minimum Gasteiger partial charge on any atom is -0.462 e. The zero-order chi connectivity index (χ0) is 21.6. The van der Waals surface area contributed by atoms with E-state index >= 15 is 0 Å². The number of ketones is 1. The molecule has 0 fully saturated rings. The molecule has 1 aliphatic rings. The summed E-state index contributed by atoms with van der Waals surface area (Å²) in [6, 6.07) is 29.1. The van der Waals surface area contributed by atoms with Crippen LogP contribution >= 0.6 is 0 Å². The lowest BCUT2D eigenvalue weighted by Gasteiger charge is -2.12. The molecule has 0 atom stereocenters. The van der Waals surface area contributed by atoms with E-state index in [1.54, 1.807) is 6.92 Å². The van der Waals surface area contributed by atoms with Gasteiger partial charge in [0.05, 0.1) is 12.2 Å². The second kappa shape index (κ2) is 9.40. The summed E-state index contributed by atoms with van der Waals surface area (Å²) in [5, 5.41) is 0. The number of benzene rings is 3. The van der Waals surface area contributed by atoms with Crippen LogP contribution in [-0.2, 0) is 9.53 Å². The first-order chi connectivity index (χ1) is 15.2. The number of esters is 1. The molecule has 0 heterocycles. The molecule has 0 unspecified atom stereocenters. The number of Topliss-reactive ketones (excluding diaryl/α,β-unsaturated/α-hetero) is 1. The van der Waals surface area contributed by atoms with Crippen molar-refractivity contribution in [2.24, 2.45) is 0 Å². The molecule has 31 heavy (non-hydrogen) atoms. The van der Waals surface area contributed by atoms with Gasteiger partial charge in [0.2, 0.25) is 0 Å². The van der Waals surface area contributed by atoms with E-state index in [9.17, 15) is 9.59 Å². The highest BCUT2D eigenvalue weighted by molar-refractivity contribution is 6.12. The number of rotatable bonds is 7. The molecule has 0 spiro atoms. The Balaban J connectivity index is 1.85. The van der Waals surface area contributed by atoms with Crippen LogP contribution in [0.25, 0.3) is 11.1 Å². The van der Waals surface area contributed by atoms with E-state index in [0.29, 0.717) is 17.6 Å². The van der Waals surface area contributed by atoms with Crippen molar-refractivity contribution in [3.8, 4) is 0 Å². The van der Waals surface area contributed by atoms with Crippen LogP contribution in [0.3, 0.4) is 0 Å². The van der Waals surface area contributed by atoms with Gasteiger partial charge in [0, 0.05) is 12.0 Å². The number of allylic oxidation sites excluding steroid dienone is 2. The monoisotopic (exact) mass is 408 g/mol. The molecule has 3 nitrogen and oxygen atoms in total. The van der Waals surface area contributed by atoms with Gasteiger partial charge in [-0.15, -0.1) is 0 Å². The van der Waals surface area contributed by atoms with E-state index in [0.717, 1.165) is 27.8 Å². The first-order valence-corrected chi connectivity index (χ1v) is 10.5. The van der Waals surface area contributed by atoms with Crippen molar-refractivity contribution < 1.29 is 14.3 Å². The number of carbonyl (C=O) groups is 2. The third kappa shape index (κ3) is 4.41. The van der Waals surface area contributed by atoms with Crippen LogP contribution in [0.5, 0.6) is 0 Å². The third-order valence-corrected chi connectivity index (χ3v) is 5.48. The topological polar surface area (TPSA) is 43.4 Å². The lowest BCUT2D eigenvalue weighted by atomic mass is 9.93. The molecule has 1 aliphatic carbocycles. The summed E-state index contributed by atoms with van der Waals surface area (Å²) in [7, 11) is 0. The molecular weight excluding hydrogens is 384 g/mol. The fourth-order valence-electron chi connectivity index (χ4n) is 4.04. The van der Waals surface area contributed by atoms with Gasteiger partial charge in [-0.2, -0.15) is 0 Å². The van der Waals surface area contributed by atoms with Gasteiger partial charge in [0.25, 0.3) is 0 Å². The Morgan fingerprint density at radius 1 is 0.742 bits per heavy atom. The highest BCUT2D eigenvalue weighted by Gasteiger charge is 2.32. The lowest BCUT2D eigenvalue weighted by molar-refractivity contribution is -0.138. The van der Waals surface area contributed by atoms with E-state index in [4.69, 9.17) is 4.74 Å². The van der Waals surface area contributed by atoms with Crippen LogP contribution in [0.1, 0.15) is 41.3 Å². The maximum atomic E-state index is 13.1. The summed E-state index contributed by atoms with van der Waals surface area (Å²) in [5.41, 5.74) is 5.83. The van der Waals surface area contributed by atoms with Crippen molar-refractivity contribution in [1.82, 2.24) is 0 Å². The molecule has 0 aliphatic heterocycles. The van der Waals surface area contributed by atoms with Gasteiger partial charge in [-0.1, -0.05) is 91.0 Å². The molecule has 0 bridgehead atoms.